The molecule has 3 rings (SSSR count). The lowest BCUT2D eigenvalue weighted by molar-refractivity contribution is -0.142. The van der Waals surface area contributed by atoms with Crippen LogP contribution in [0, 0.1) is 5.82 Å². The van der Waals surface area contributed by atoms with Crippen LogP contribution in [0.25, 0.3) is 0 Å². The number of alkyl halides is 3. The van der Waals surface area contributed by atoms with Crippen LogP contribution in [0.2, 0.25) is 0 Å². The number of halogens is 4. The van der Waals surface area contributed by atoms with Crippen molar-refractivity contribution in [1.29, 1.82) is 0 Å². The van der Waals surface area contributed by atoms with E-state index < -0.39 is 27.7 Å². The second-order valence-electron chi connectivity index (χ2n) is 6.22. The van der Waals surface area contributed by atoms with Crippen molar-refractivity contribution < 1.29 is 35.5 Å². The fourth-order valence-electron chi connectivity index (χ4n) is 3.01. The molecule has 0 atom stereocenters. The first kappa shape index (κ1) is 21.5. The van der Waals surface area contributed by atoms with E-state index in [1.54, 1.807) is 6.92 Å². The fourth-order valence-corrected chi connectivity index (χ4v) is 4.04. The van der Waals surface area contributed by atoms with Crippen LogP contribution in [0.15, 0.2) is 23.1 Å². The summed E-state index contributed by atoms with van der Waals surface area (Å²) in [5.41, 5.74) is -0.682. The smallest absolute Gasteiger partial charge is 0.435 e. The number of aromatic nitrogens is 2. The van der Waals surface area contributed by atoms with Crippen molar-refractivity contribution in [3.8, 4) is 5.75 Å². The lowest BCUT2D eigenvalue weighted by Gasteiger charge is -2.15. The zero-order valence-corrected chi connectivity index (χ0v) is 16.2. The van der Waals surface area contributed by atoms with Gasteiger partial charge in [-0.05, 0) is 25.1 Å². The molecular weight excluding hydrogens is 418 g/mol. The summed E-state index contributed by atoms with van der Waals surface area (Å²) in [5, 5.41) is 3.60. The van der Waals surface area contributed by atoms with Crippen molar-refractivity contribution in [1.82, 2.24) is 14.5 Å². The molecular formula is C17H19F4N3O4S. The third-order valence-corrected chi connectivity index (χ3v) is 5.75. The van der Waals surface area contributed by atoms with E-state index in [4.69, 9.17) is 9.47 Å². The minimum atomic E-state index is -4.63. The van der Waals surface area contributed by atoms with E-state index in [1.807, 2.05) is 0 Å². The first-order chi connectivity index (χ1) is 13.6. The van der Waals surface area contributed by atoms with Crippen LogP contribution >= 0.6 is 0 Å². The molecule has 0 aliphatic carbocycles. The Kier molecular flexibility index (Phi) is 6.15. The van der Waals surface area contributed by atoms with E-state index in [2.05, 4.69) is 9.82 Å². The van der Waals surface area contributed by atoms with Gasteiger partial charge in [-0.15, -0.1) is 0 Å². The Labute approximate surface area is 164 Å². The summed E-state index contributed by atoms with van der Waals surface area (Å²) in [4.78, 5) is -0.315. The molecule has 0 bridgehead atoms. The molecule has 0 radical (unpaired) electrons. The standard InChI is InChI=1S/C17H19F4N3O4S/c1-2-28-15-4-3-11(9-13(15)18)29(25,26)22-6-7-24-14-5-8-27-10-12(14)16(23-24)17(19,20)21/h3-4,9,22H,2,5-8,10H2,1H3. The van der Waals surface area contributed by atoms with Gasteiger partial charge in [0.15, 0.2) is 17.3 Å². The van der Waals surface area contributed by atoms with Gasteiger partial charge in [-0.1, -0.05) is 0 Å². The normalized spacial score (nSPS) is 14.7. The van der Waals surface area contributed by atoms with E-state index in [0.717, 1.165) is 10.7 Å². The molecule has 160 valence electrons. The van der Waals surface area contributed by atoms with Crippen molar-refractivity contribution in [2.24, 2.45) is 0 Å². The van der Waals surface area contributed by atoms with E-state index in [-0.39, 0.29) is 55.5 Å². The number of fused-ring (bicyclic) bond motifs is 1. The highest BCUT2D eigenvalue weighted by Gasteiger charge is 2.39. The van der Waals surface area contributed by atoms with E-state index in [9.17, 15) is 26.0 Å². The van der Waals surface area contributed by atoms with Crippen molar-refractivity contribution in [2.45, 2.75) is 37.6 Å². The highest BCUT2D eigenvalue weighted by molar-refractivity contribution is 7.89. The molecule has 1 aromatic heterocycles. The van der Waals surface area contributed by atoms with Gasteiger partial charge in [0.25, 0.3) is 0 Å². The van der Waals surface area contributed by atoms with Crippen LogP contribution in [0.1, 0.15) is 23.9 Å². The van der Waals surface area contributed by atoms with Gasteiger partial charge in [0.1, 0.15) is 0 Å². The van der Waals surface area contributed by atoms with Crippen LogP contribution in [0.5, 0.6) is 5.75 Å². The van der Waals surface area contributed by atoms with Crippen LogP contribution in [0.4, 0.5) is 17.6 Å². The molecule has 0 saturated carbocycles. The molecule has 2 heterocycles. The van der Waals surface area contributed by atoms with Gasteiger partial charge < -0.3 is 9.47 Å². The van der Waals surface area contributed by atoms with Gasteiger partial charge in [0, 0.05) is 24.2 Å². The van der Waals surface area contributed by atoms with Crippen LogP contribution in [-0.4, -0.2) is 38.0 Å². The van der Waals surface area contributed by atoms with Gasteiger partial charge in [-0.25, -0.2) is 17.5 Å². The quantitative estimate of drug-likeness (QED) is 0.673. The Balaban J connectivity index is 1.73. The molecule has 1 aliphatic heterocycles. The summed E-state index contributed by atoms with van der Waals surface area (Å²) in [5.74, 6) is -0.901. The molecule has 12 heteroatoms. The Morgan fingerprint density at radius 3 is 2.76 bits per heavy atom. The number of sulfonamides is 1. The predicted octanol–water partition coefficient (Wildman–Crippen LogP) is 2.49. The second kappa shape index (κ2) is 8.28. The average molecular weight is 437 g/mol. The number of hydrogen-bond acceptors (Lipinski definition) is 5. The molecule has 29 heavy (non-hydrogen) atoms. The molecule has 0 amide bonds. The van der Waals surface area contributed by atoms with Gasteiger partial charge >= 0.3 is 6.18 Å². The SMILES string of the molecule is CCOc1ccc(S(=O)(=O)NCCn2nc(C(F)(F)F)c3c2CCOC3)cc1F. The summed E-state index contributed by atoms with van der Waals surface area (Å²) < 4.78 is 91.6. The largest absolute Gasteiger partial charge is 0.491 e. The fraction of sp³-hybridized carbons (Fsp3) is 0.471. The maximum absolute atomic E-state index is 13.9. The highest BCUT2D eigenvalue weighted by Crippen LogP contribution is 2.34. The maximum atomic E-state index is 13.9. The minimum Gasteiger partial charge on any atom is -0.491 e. The van der Waals surface area contributed by atoms with Crippen molar-refractivity contribution >= 4 is 10.0 Å². The molecule has 1 aliphatic rings. The zero-order chi connectivity index (χ0) is 21.2. The molecule has 1 aromatic carbocycles. The molecule has 0 fully saturated rings. The van der Waals surface area contributed by atoms with Gasteiger partial charge in [-0.3, -0.25) is 4.68 Å². The molecule has 0 unspecified atom stereocenters. The van der Waals surface area contributed by atoms with Gasteiger partial charge in [0.05, 0.1) is 31.3 Å². The Morgan fingerprint density at radius 1 is 1.34 bits per heavy atom. The Morgan fingerprint density at radius 2 is 2.10 bits per heavy atom. The second-order valence-corrected chi connectivity index (χ2v) is 7.99. The maximum Gasteiger partial charge on any atom is 0.435 e. The number of nitrogens with one attached hydrogen (secondary N) is 1. The number of nitrogens with zero attached hydrogens (tertiary/aromatic N) is 2. The van der Waals surface area contributed by atoms with Crippen LogP contribution in [-0.2, 0) is 40.5 Å². The number of benzene rings is 1. The summed E-state index contributed by atoms with van der Waals surface area (Å²) in [6.45, 7) is 1.62. The highest BCUT2D eigenvalue weighted by atomic mass is 32.2. The van der Waals surface area contributed by atoms with Crippen molar-refractivity contribution in [3.05, 3.63) is 41.0 Å². The van der Waals surface area contributed by atoms with Gasteiger partial charge in [0.2, 0.25) is 10.0 Å². The average Bonchev–Trinajstić information content (AvgIpc) is 3.03. The third kappa shape index (κ3) is 4.70. The molecule has 1 N–H and O–H groups in total. The van der Waals surface area contributed by atoms with E-state index in [1.165, 1.54) is 12.1 Å². The number of rotatable bonds is 7. The summed E-state index contributed by atoms with van der Waals surface area (Å²) in [6.07, 6.45) is -4.38. The predicted molar refractivity (Wildman–Crippen MR) is 93.3 cm³/mol. The lowest BCUT2D eigenvalue weighted by atomic mass is 10.1. The van der Waals surface area contributed by atoms with Crippen LogP contribution in [0.3, 0.4) is 0 Å². The molecule has 2 aromatic rings. The molecule has 0 spiro atoms. The summed E-state index contributed by atoms with van der Waals surface area (Å²) >= 11 is 0. The van der Waals surface area contributed by atoms with Crippen LogP contribution < -0.4 is 9.46 Å². The number of hydrogen-bond donors (Lipinski definition) is 1. The van der Waals surface area contributed by atoms with Gasteiger partial charge in [-0.2, -0.15) is 18.3 Å². The van der Waals surface area contributed by atoms with Crippen molar-refractivity contribution in [2.75, 3.05) is 19.8 Å². The van der Waals surface area contributed by atoms with E-state index in [0.29, 0.717) is 5.69 Å². The Bertz CT molecular complexity index is 989. The summed E-state index contributed by atoms with van der Waals surface area (Å²) in [6, 6.07) is 3.21. The zero-order valence-electron chi connectivity index (χ0n) is 15.4. The summed E-state index contributed by atoms with van der Waals surface area (Å²) in [7, 11) is -4.06. The molecule has 0 saturated heterocycles. The molecule has 7 nitrogen and oxygen atoms in total. The topological polar surface area (TPSA) is 82.5 Å². The number of ether oxygens (including phenoxy) is 2. The van der Waals surface area contributed by atoms with E-state index >= 15 is 0 Å². The monoisotopic (exact) mass is 437 g/mol. The minimum absolute atomic E-state index is 0.0276. The third-order valence-electron chi connectivity index (χ3n) is 4.29. The lowest BCUT2D eigenvalue weighted by Crippen LogP contribution is -2.28. The first-order valence-corrected chi connectivity index (χ1v) is 10.3. The van der Waals surface area contributed by atoms with Crippen molar-refractivity contribution in [3.63, 3.8) is 0 Å². The first-order valence-electron chi connectivity index (χ1n) is 8.79. The Hall–Kier alpha value is -2.18.